The summed E-state index contributed by atoms with van der Waals surface area (Å²) in [5.74, 6) is -0.127. The summed E-state index contributed by atoms with van der Waals surface area (Å²) in [6.07, 6.45) is 4.22. The minimum atomic E-state index is -0.459. The van der Waals surface area contributed by atoms with Crippen LogP contribution in [0.15, 0.2) is 29.8 Å². The Balaban J connectivity index is 0.000000381. The van der Waals surface area contributed by atoms with Gasteiger partial charge in [-0.25, -0.2) is 9.78 Å². The third-order valence-corrected chi connectivity index (χ3v) is 8.54. The lowest BCUT2D eigenvalue weighted by atomic mass is 9.92. The van der Waals surface area contributed by atoms with E-state index >= 15 is 0 Å². The van der Waals surface area contributed by atoms with Crippen LogP contribution in [0.3, 0.4) is 0 Å². The number of rotatable bonds is 10. The van der Waals surface area contributed by atoms with Crippen LogP contribution in [0.25, 0.3) is 10.4 Å². The van der Waals surface area contributed by atoms with Gasteiger partial charge >= 0.3 is 6.09 Å². The molecule has 4 amide bonds. The van der Waals surface area contributed by atoms with Gasteiger partial charge < -0.3 is 35.4 Å². The van der Waals surface area contributed by atoms with Crippen molar-refractivity contribution in [2.45, 2.75) is 125 Å². The highest BCUT2D eigenvalue weighted by atomic mass is 32.1. The van der Waals surface area contributed by atoms with Gasteiger partial charge in [-0.15, -0.1) is 11.3 Å². The molecule has 2 aliphatic rings. The Bertz CT molecular complexity index is 1310. The Kier molecular flexibility index (Phi) is 20.6. The molecule has 1 aromatic carbocycles. The number of benzene rings is 1. The van der Waals surface area contributed by atoms with Gasteiger partial charge in [0.25, 0.3) is 0 Å². The maximum atomic E-state index is 11.9. The van der Waals surface area contributed by atoms with E-state index in [1.54, 1.807) is 21.1 Å². The van der Waals surface area contributed by atoms with E-state index in [9.17, 15) is 24.3 Å². The fourth-order valence-corrected chi connectivity index (χ4v) is 5.89. The maximum absolute atomic E-state index is 11.9. The molecule has 0 radical (unpaired) electrons. The molecule has 3 heterocycles. The van der Waals surface area contributed by atoms with Crippen LogP contribution in [0.5, 0.6) is 0 Å². The number of likely N-dealkylation sites (tertiary alicyclic amines) is 2. The highest BCUT2D eigenvalue weighted by Gasteiger charge is 2.28. The highest BCUT2D eigenvalue weighted by molar-refractivity contribution is 7.13. The molecule has 4 N–H and O–H groups in total. The Morgan fingerprint density at radius 1 is 1.02 bits per heavy atom. The van der Waals surface area contributed by atoms with Gasteiger partial charge in [-0.2, -0.15) is 0 Å². The monoisotopic (exact) mass is 733 g/mol. The zero-order valence-corrected chi connectivity index (χ0v) is 33.1. The first-order chi connectivity index (χ1) is 24.0. The standard InChI is InChI=1S/C14H26N2O4.C12H12N2OS.C10H19NO2.C2H6/c1-14(2,3)20-13(18)16-8-6-11(7-9-16)19-10-4-5-12(15)17;1-9-12(16-8-14-9)11-4-2-10(3-5-11)6-13-7-15;1-10(2,3)6-9(13)11-5-4-8(12)7-11;1-2/h11H,4-10H2,1-3H3,(H2,15,17);2-5,7-8H,6H2,1H3,(H,13,15);8,12H,4-7H2,1-3H3;1-2H3. The fraction of sp³-hybridized carbons (Fsp3) is 0.658. The molecule has 0 bridgehead atoms. The molecule has 0 aliphatic carbocycles. The quantitative estimate of drug-likeness (QED) is 0.196. The molecule has 13 heteroatoms. The van der Waals surface area contributed by atoms with Crippen LogP contribution in [0.1, 0.15) is 105 Å². The predicted octanol–water partition coefficient (Wildman–Crippen LogP) is 6.07. The van der Waals surface area contributed by atoms with Crippen molar-refractivity contribution < 1.29 is 33.8 Å². The smallest absolute Gasteiger partial charge is 0.410 e. The number of carbonyl (C=O) groups excluding carboxylic acids is 4. The number of thiazole rings is 1. The third kappa shape index (κ3) is 19.6. The van der Waals surface area contributed by atoms with Crippen LogP contribution in [0.4, 0.5) is 4.79 Å². The van der Waals surface area contributed by atoms with Gasteiger partial charge in [0, 0.05) is 52.2 Å². The second-order valence-corrected chi connectivity index (χ2v) is 15.4. The number of amides is 4. The summed E-state index contributed by atoms with van der Waals surface area (Å²) in [6, 6.07) is 8.15. The molecule has 4 rings (SSSR count). The fourth-order valence-electron chi connectivity index (χ4n) is 5.07. The first-order valence-electron chi connectivity index (χ1n) is 18.0. The van der Waals surface area contributed by atoms with Crippen molar-refractivity contribution in [2.24, 2.45) is 11.1 Å². The minimum Gasteiger partial charge on any atom is -0.444 e. The maximum Gasteiger partial charge on any atom is 0.410 e. The molecule has 0 spiro atoms. The largest absolute Gasteiger partial charge is 0.444 e. The topological polar surface area (TPSA) is 164 Å². The van der Waals surface area contributed by atoms with Crippen molar-refractivity contribution in [3.8, 4) is 10.4 Å². The summed E-state index contributed by atoms with van der Waals surface area (Å²) in [5.41, 5.74) is 9.83. The number of nitrogens with zero attached hydrogens (tertiary/aromatic N) is 3. The molecule has 2 aliphatic heterocycles. The zero-order chi connectivity index (χ0) is 38.6. The summed E-state index contributed by atoms with van der Waals surface area (Å²) >= 11 is 1.64. The molecule has 2 fully saturated rings. The molecule has 2 aromatic rings. The summed E-state index contributed by atoms with van der Waals surface area (Å²) in [5, 5.41) is 11.9. The van der Waals surface area contributed by atoms with Gasteiger partial charge in [-0.1, -0.05) is 58.9 Å². The number of aliphatic hydroxyl groups excluding tert-OH is 1. The van der Waals surface area contributed by atoms with E-state index in [1.165, 1.54) is 10.4 Å². The number of primary amides is 1. The Morgan fingerprint density at radius 3 is 2.10 bits per heavy atom. The lowest BCUT2D eigenvalue weighted by Gasteiger charge is -2.33. The van der Waals surface area contributed by atoms with E-state index in [-0.39, 0.29) is 35.5 Å². The van der Waals surface area contributed by atoms with E-state index in [0.717, 1.165) is 37.1 Å². The minimum absolute atomic E-state index is 0.0463. The number of carbonyl (C=O) groups is 4. The Labute approximate surface area is 309 Å². The molecule has 51 heavy (non-hydrogen) atoms. The lowest BCUT2D eigenvalue weighted by molar-refractivity contribution is -0.132. The number of aryl methyl sites for hydroxylation is 1. The van der Waals surface area contributed by atoms with Crippen molar-refractivity contribution in [1.29, 1.82) is 0 Å². The van der Waals surface area contributed by atoms with Gasteiger partial charge in [0.2, 0.25) is 18.2 Å². The van der Waals surface area contributed by atoms with Crippen LogP contribution in [-0.2, 0) is 30.4 Å². The number of ether oxygens (including phenoxy) is 2. The molecular weight excluding hydrogens is 671 g/mol. The number of nitrogens with two attached hydrogens (primary N) is 1. The van der Waals surface area contributed by atoms with Gasteiger partial charge in [0.05, 0.1) is 28.3 Å². The summed E-state index contributed by atoms with van der Waals surface area (Å²) in [6.45, 7) is 21.4. The molecule has 12 nitrogen and oxygen atoms in total. The van der Waals surface area contributed by atoms with Gasteiger partial charge in [-0.05, 0) is 69.9 Å². The van der Waals surface area contributed by atoms with Crippen molar-refractivity contribution in [3.63, 3.8) is 0 Å². The van der Waals surface area contributed by atoms with E-state index in [0.29, 0.717) is 58.5 Å². The number of nitrogens with one attached hydrogen (secondary N) is 1. The summed E-state index contributed by atoms with van der Waals surface area (Å²) < 4.78 is 11.0. The third-order valence-electron chi connectivity index (χ3n) is 7.56. The molecule has 0 saturated carbocycles. The van der Waals surface area contributed by atoms with Gasteiger partial charge in [0.15, 0.2) is 0 Å². The van der Waals surface area contributed by atoms with E-state index in [1.807, 2.05) is 59.2 Å². The van der Waals surface area contributed by atoms with Crippen molar-refractivity contribution in [2.75, 3.05) is 32.8 Å². The van der Waals surface area contributed by atoms with E-state index in [4.69, 9.17) is 15.2 Å². The molecule has 1 atom stereocenters. The molecule has 1 unspecified atom stereocenters. The molecule has 1 aromatic heterocycles. The van der Waals surface area contributed by atoms with Crippen LogP contribution < -0.4 is 11.1 Å². The van der Waals surface area contributed by atoms with Crippen LogP contribution in [0.2, 0.25) is 0 Å². The average molecular weight is 734 g/mol. The second kappa shape index (κ2) is 23.1. The van der Waals surface area contributed by atoms with Crippen LogP contribution in [-0.4, -0.2) is 94.8 Å². The number of aliphatic hydroxyl groups is 1. The first-order valence-corrected chi connectivity index (χ1v) is 18.9. The van der Waals surface area contributed by atoms with Crippen molar-refractivity contribution in [3.05, 3.63) is 41.0 Å². The molecule has 288 valence electrons. The summed E-state index contributed by atoms with van der Waals surface area (Å²) in [7, 11) is 0. The Morgan fingerprint density at radius 2 is 1.63 bits per heavy atom. The number of hydrogen-bond acceptors (Lipinski definition) is 9. The zero-order valence-electron chi connectivity index (χ0n) is 32.3. The SMILES string of the molecule is CC.CC(C)(C)CC(=O)N1CCC(O)C1.CC(C)(C)OC(=O)N1CCC(OCCCC(N)=O)CC1.Cc1ncsc1-c1ccc(CNC=O)cc1. The normalized spacial score (nSPS) is 16.0. The predicted molar refractivity (Wildman–Crippen MR) is 203 cm³/mol. The highest BCUT2D eigenvalue weighted by Crippen LogP contribution is 2.27. The number of hydrogen-bond donors (Lipinski definition) is 3. The van der Waals surface area contributed by atoms with Crippen LogP contribution in [0, 0.1) is 12.3 Å². The summed E-state index contributed by atoms with van der Waals surface area (Å²) in [4.78, 5) is 53.1. The van der Waals surface area contributed by atoms with Gasteiger partial charge in [0.1, 0.15) is 5.60 Å². The molecular formula is C38H63N5O7S. The first kappa shape index (κ1) is 45.5. The number of aromatic nitrogens is 1. The van der Waals surface area contributed by atoms with Crippen LogP contribution >= 0.6 is 11.3 Å². The Hall–Kier alpha value is -3.55. The van der Waals surface area contributed by atoms with E-state index in [2.05, 4.69) is 43.2 Å². The number of piperidine rings is 1. The lowest BCUT2D eigenvalue weighted by Crippen LogP contribution is -2.43. The number of β-amino-alcohol motifs (C(OH)–C–C–N with tert-alkyl or cyclic N) is 1. The van der Waals surface area contributed by atoms with Gasteiger partial charge in [-0.3, -0.25) is 14.4 Å². The average Bonchev–Trinajstić information content (AvgIpc) is 3.70. The van der Waals surface area contributed by atoms with E-state index < -0.39 is 5.60 Å². The second-order valence-electron chi connectivity index (χ2n) is 14.6. The molecule has 2 saturated heterocycles. The van der Waals surface area contributed by atoms with Crippen molar-refractivity contribution >= 4 is 35.7 Å². The van der Waals surface area contributed by atoms with Crippen molar-refractivity contribution in [1.82, 2.24) is 20.1 Å².